The quantitative estimate of drug-likeness (QED) is 0.688. The standard InChI is InChI=1S/C24H29N3O/c1-17-10-11-22-20(13-17)15-23(26(22)3)24(28)25-21-9-6-8-19(14-21)16-27-12-5-4-7-18(27)2/h6,8-11,13-15,18H,4-5,7,12,16H2,1-3H3,(H,25,28). The molecule has 0 bridgehead atoms. The van der Waals surface area contributed by atoms with Gasteiger partial charge in [0.1, 0.15) is 5.69 Å². The maximum absolute atomic E-state index is 12.9. The zero-order valence-electron chi connectivity index (χ0n) is 17.0. The van der Waals surface area contributed by atoms with Gasteiger partial charge in [-0.05, 0) is 69.1 Å². The number of carbonyl (C=O) groups is 1. The number of fused-ring (bicyclic) bond motifs is 1. The molecule has 1 saturated heterocycles. The van der Waals surface area contributed by atoms with Gasteiger partial charge >= 0.3 is 0 Å². The van der Waals surface area contributed by atoms with Crippen molar-refractivity contribution in [2.24, 2.45) is 7.05 Å². The summed E-state index contributed by atoms with van der Waals surface area (Å²) < 4.78 is 1.96. The minimum atomic E-state index is -0.0696. The zero-order chi connectivity index (χ0) is 19.7. The molecule has 1 aliphatic rings. The first-order valence-corrected chi connectivity index (χ1v) is 10.2. The predicted molar refractivity (Wildman–Crippen MR) is 116 cm³/mol. The molecule has 28 heavy (non-hydrogen) atoms. The Kier molecular flexibility index (Phi) is 5.23. The number of benzene rings is 2. The molecule has 1 atom stereocenters. The number of piperidine rings is 1. The molecule has 2 aromatic carbocycles. The van der Waals surface area contributed by atoms with E-state index in [1.807, 2.05) is 29.8 Å². The smallest absolute Gasteiger partial charge is 0.272 e. The van der Waals surface area contributed by atoms with Gasteiger partial charge in [0, 0.05) is 36.2 Å². The summed E-state index contributed by atoms with van der Waals surface area (Å²) in [6.45, 7) is 6.48. The average molecular weight is 376 g/mol. The maximum atomic E-state index is 12.9. The lowest BCUT2D eigenvalue weighted by Gasteiger charge is -2.33. The van der Waals surface area contributed by atoms with Crippen LogP contribution in [-0.4, -0.2) is 28.0 Å². The van der Waals surface area contributed by atoms with Crippen molar-refractivity contribution < 1.29 is 4.79 Å². The van der Waals surface area contributed by atoms with Crippen LogP contribution in [-0.2, 0) is 13.6 Å². The number of nitrogens with zero attached hydrogens (tertiary/aromatic N) is 2. The fourth-order valence-corrected chi connectivity index (χ4v) is 4.26. The van der Waals surface area contributed by atoms with Crippen LogP contribution in [0.2, 0.25) is 0 Å². The largest absolute Gasteiger partial charge is 0.340 e. The second-order valence-corrected chi connectivity index (χ2v) is 8.12. The number of aromatic nitrogens is 1. The molecule has 1 N–H and O–H groups in total. The van der Waals surface area contributed by atoms with Crippen molar-refractivity contribution in [2.45, 2.75) is 45.7 Å². The van der Waals surface area contributed by atoms with Crippen molar-refractivity contribution in [3.05, 3.63) is 65.4 Å². The number of nitrogens with one attached hydrogen (secondary N) is 1. The second kappa shape index (κ2) is 7.80. The second-order valence-electron chi connectivity index (χ2n) is 8.12. The molecule has 4 nitrogen and oxygen atoms in total. The minimum absolute atomic E-state index is 0.0696. The molecular formula is C24H29N3O. The predicted octanol–water partition coefficient (Wildman–Crippen LogP) is 5.11. The van der Waals surface area contributed by atoms with Crippen LogP contribution in [0.1, 0.15) is 47.8 Å². The van der Waals surface area contributed by atoms with Gasteiger partial charge in [-0.25, -0.2) is 0 Å². The van der Waals surface area contributed by atoms with Crippen molar-refractivity contribution in [1.82, 2.24) is 9.47 Å². The molecular weight excluding hydrogens is 346 g/mol. The van der Waals surface area contributed by atoms with Crippen molar-refractivity contribution in [1.29, 1.82) is 0 Å². The summed E-state index contributed by atoms with van der Waals surface area (Å²) in [7, 11) is 1.95. The monoisotopic (exact) mass is 375 g/mol. The average Bonchev–Trinajstić information content (AvgIpc) is 3.00. The lowest BCUT2D eigenvalue weighted by atomic mass is 10.0. The molecule has 0 aliphatic carbocycles. The summed E-state index contributed by atoms with van der Waals surface area (Å²) in [5.41, 5.74) is 5.05. The topological polar surface area (TPSA) is 37.3 Å². The third kappa shape index (κ3) is 3.83. The van der Waals surface area contributed by atoms with E-state index in [0.717, 1.165) is 29.7 Å². The highest BCUT2D eigenvalue weighted by Gasteiger charge is 2.18. The van der Waals surface area contributed by atoms with Gasteiger partial charge in [-0.15, -0.1) is 0 Å². The van der Waals surface area contributed by atoms with Crippen LogP contribution in [0.15, 0.2) is 48.5 Å². The summed E-state index contributed by atoms with van der Waals surface area (Å²) in [5, 5.41) is 4.18. The minimum Gasteiger partial charge on any atom is -0.340 e. The van der Waals surface area contributed by atoms with E-state index in [4.69, 9.17) is 0 Å². The maximum Gasteiger partial charge on any atom is 0.272 e. The number of rotatable bonds is 4. The zero-order valence-corrected chi connectivity index (χ0v) is 17.0. The number of hydrogen-bond acceptors (Lipinski definition) is 2. The molecule has 0 saturated carbocycles. The van der Waals surface area contributed by atoms with Crippen molar-refractivity contribution in [2.75, 3.05) is 11.9 Å². The van der Waals surface area contributed by atoms with E-state index in [-0.39, 0.29) is 5.91 Å². The van der Waals surface area contributed by atoms with Gasteiger partial charge in [0.25, 0.3) is 5.91 Å². The van der Waals surface area contributed by atoms with Gasteiger partial charge in [-0.2, -0.15) is 0 Å². The van der Waals surface area contributed by atoms with Crippen LogP contribution in [0.4, 0.5) is 5.69 Å². The molecule has 4 heteroatoms. The first kappa shape index (κ1) is 18.8. The van der Waals surface area contributed by atoms with Crippen molar-refractivity contribution in [3.8, 4) is 0 Å². The van der Waals surface area contributed by atoms with E-state index in [1.165, 1.54) is 30.4 Å². The van der Waals surface area contributed by atoms with Gasteiger partial charge in [0.15, 0.2) is 0 Å². The van der Waals surface area contributed by atoms with Gasteiger partial charge in [-0.1, -0.05) is 30.2 Å². The summed E-state index contributed by atoms with van der Waals surface area (Å²) in [6, 6.07) is 17.1. The highest BCUT2D eigenvalue weighted by molar-refractivity contribution is 6.06. The Labute approximate surface area is 167 Å². The van der Waals surface area contributed by atoms with E-state index in [9.17, 15) is 4.79 Å². The molecule has 3 aromatic rings. The number of aryl methyl sites for hydroxylation is 2. The fourth-order valence-electron chi connectivity index (χ4n) is 4.26. The van der Waals surface area contributed by atoms with E-state index < -0.39 is 0 Å². The Morgan fingerprint density at radius 2 is 2.00 bits per heavy atom. The third-order valence-electron chi connectivity index (χ3n) is 5.94. The van der Waals surface area contributed by atoms with E-state index in [0.29, 0.717) is 11.7 Å². The Bertz CT molecular complexity index is 1000. The summed E-state index contributed by atoms with van der Waals surface area (Å²) in [5.74, 6) is -0.0696. The van der Waals surface area contributed by atoms with Crippen LogP contribution in [0, 0.1) is 6.92 Å². The highest BCUT2D eigenvalue weighted by Crippen LogP contribution is 2.23. The first-order chi connectivity index (χ1) is 13.5. The molecule has 4 rings (SSSR count). The SMILES string of the molecule is Cc1ccc2c(c1)cc(C(=O)Nc1cccc(CN3CCCCC3C)c1)n2C. The normalized spacial score (nSPS) is 17.8. The summed E-state index contributed by atoms with van der Waals surface area (Å²) >= 11 is 0. The molecule has 1 aromatic heterocycles. The third-order valence-corrected chi connectivity index (χ3v) is 5.94. The molecule has 1 aliphatic heterocycles. The van der Waals surface area contributed by atoms with Crippen molar-refractivity contribution in [3.63, 3.8) is 0 Å². The Balaban J connectivity index is 1.51. The summed E-state index contributed by atoms with van der Waals surface area (Å²) in [4.78, 5) is 15.4. The Morgan fingerprint density at radius 1 is 1.14 bits per heavy atom. The first-order valence-electron chi connectivity index (χ1n) is 10.2. The summed E-state index contributed by atoms with van der Waals surface area (Å²) in [6.07, 6.45) is 3.89. The molecule has 0 radical (unpaired) electrons. The van der Waals surface area contributed by atoms with Gasteiger partial charge < -0.3 is 9.88 Å². The number of hydrogen-bond donors (Lipinski definition) is 1. The van der Waals surface area contributed by atoms with Gasteiger partial charge in [0.05, 0.1) is 0 Å². The number of anilines is 1. The van der Waals surface area contributed by atoms with Crippen molar-refractivity contribution >= 4 is 22.5 Å². The van der Waals surface area contributed by atoms with Crippen LogP contribution in [0.3, 0.4) is 0 Å². The van der Waals surface area contributed by atoms with Gasteiger partial charge in [-0.3, -0.25) is 9.69 Å². The Hall–Kier alpha value is -2.59. The van der Waals surface area contributed by atoms with Gasteiger partial charge in [0.2, 0.25) is 0 Å². The molecule has 1 fully saturated rings. The highest BCUT2D eigenvalue weighted by atomic mass is 16.1. The Morgan fingerprint density at radius 3 is 2.82 bits per heavy atom. The van der Waals surface area contributed by atoms with E-state index in [2.05, 4.69) is 54.4 Å². The molecule has 1 amide bonds. The van der Waals surface area contributed by atoms with Crippen LogP contribution in [0.5, 0.6) is 0 Å². The van der Waals surface area contributed by atoms with Crippen LogP contribution in [0.25, 0.3) is 10.9 Å². The van der Waals surface area contributed by atoms with E-state index in [1.54, 1.807) is 0 Å². The van der Waals surface area contributed by atoms with Crippen LogP contribution < -0.4 is 5.32 Å². The lowest BCUT2D eigenvalue weighted by Crippen LogP contribution is -2.36. The lowest BCUT2D eigenvalue weighted by molar-refractivity contribution is 0.101. The molecule has 2 heterocycles. The number of amides is 1. The number of carbonyl (C=O) groups excluding carboxylic acids is 1. The molecule has 0 spiro atoms. The molecule has 146 valence electrons. The number of likely N-dealkylation sites (tertiary alicyclic amines) is 1. The fraction of sp³-hybridized carbons (Fsp3) is 0.375. The van der Waals surface area contributed by atoms with Crippen LogP contribution >= 0.6 is 0 Å². The van der Waals surface area contributed by atoms with E-state index >= 15 is 0 Å². The molecule has 1 unspecified atom stereocenters.